The van der Waals surface area contributed by atoms with Gasteiger partial charge in [-0.1, -0.05) is 18.2 Å². The fraction of sp³-hybridized carbons (Fsp3) is 0.0588. The minimum absolute atomic E-state index is 0.0445. The first kappa shape index (κ1) is 16.6. The van der Waals surface area contributed by atoms with Gasteiger partial charge in [-0.3, -0.25) is 4.79 Å². The summed E-state index contributed by atoms with van der Waals surface area (Å²) in [4.78, 5) is 12.2. The van der Waals surface area contributed by atoms with Crippen LogP contribution in [-0.4, -0.2) is 18.1 Å². The summed E-state index contributed by atoms with van der Waals surface area (Å²) in [5, 5.41) is 21.6. The molecule has 116 valence electrons. The van der Waals surface area contributed by atoms with Crippen molar-refractivity contribution in [2.75, 3.05) is 12.4 Å². The number of methoxy groups -OCH3 is 1. The molecule has 6 heteroatoms. The van der Waals surface area contributed by atoms with Gasteiger partial charge < -0.3 is 15.2 Å². The van der Waals surface area contributed by atoms with Crippen LogP contribution in [0, 0.1) is 11.3 Å². The molecule has 1 amide bonds. The van der Waals surface area contributed by atoms with Crippen molar-refractivity contribution in [1.82, 2.24) is 0 Å². The predicted octanol–water partition coefficient (Wildman–Crippen LogP) is 3.71. The van der Waals surface area contributed by atoms with E-state index in [4.69, 9.17) is 4.74 Å². The van der Waals surface area contributed by atoms with Crippen molar-refractivity contribution in [3.63, 3.8) is 0 Å². The molecule has 0 aromatic heterocycles. The van der Waals surface area contributed by atoms with E-state index in [2.05, 4.69) is 21.2 Å². The molecule has 0 aliphatic carbocycles. The monoisotopic (exact) mass is 372 g/mol. The summed E-state index contributed by atoms with van der Waals surface area (Å²) >= 11 is 3.20. The Morgan fingerprint density at radius 1 is 1.35 bits per heavy atom. The molecule has 0 saturated heterocycles. The van der Waals surface area contributed by atoms with Crippen molar-refractivity contribution in [3.8, 4) is 17.6 Å². The molecule has 0 bridgehead atoms. The summed E-state index contributed by atoms with van der Waals surface area (Å²) < 4.78 is 5.45. The maximum atomic E-state index is 12.2. The highest BCUT2D eigenvalue weighted by Crippen LogP contribution is 2.35. The third kappa shape index (κ3) is 4.11. The number of halogens is 1. The number of ether oxygens (including phenoxy) is 1. The minimum atomic E-state index is -0.512. The SMILES string of the molecule is COc1cc(/C=C(/C#N)C(=O)Nc2ccccc2)cc(Br)c1O. The number of hydrogen-bond acceptors (Lipinski definition) is 4. The lowest BCUT2D eigenvalue weighted by Crippen LogP contribution is -2.13. The van der Waals surface area contributed by atoms with E-state index in [1.165, 1.54) is 19.3 Å². The Bertz CT molecular complexity index is 795. The van der Waals surface area contributed by atoms with E-state index in [1.54, 1.807) is 30.3 Å². The Hall–Kier alpha value is -2.78. The zero-order valence-electron chi connectivity index (χ0n) is 12.2. The summed E-state index contributed by atoms with van der Waals surface area (Å²) in [5.74, 6) is -0.315. The largest absolute Gasteiger partial charge is 0.503 e. The van der Waals surface area contributed by atoms with Crippen molar-refractivity contribution in [1.29, 1.82) is 5.26 Å². The van der Waals surface area contributed by atoms with Crippen LogP contribution in [0.15, 0.2) is 52.5 Å². The van der Waals surface area contributed by atoms with Gasteiger partial charge in [-0.25, -0.2) is 0 Å². The van der Waals surface area contributed by atoms with E-state index in [9.17, 15) is 15.2 Å². The van der Waals surface area contributed by atoms with Gasteiger partial charge >= 0.3 is 0 Å². The van der Waals surface area contributed by atoms with Gasteiger partial charge in [-0.2, -0.15) is 5.26 Å². The number of carbonyl (C=O) groups excluding carboxylic acids is 1. The number of rotatable bonds is 4. The lowest BCUT2D eigenvalue weighted by Gasteiger charge is -2.07. The summed E-state index contributed by atoms with van der Waals surface area (Å²) in [6.07, 6.45) is 1.42. The zero-order valence-corrected chi connectivity index (χ0v) is 13.8. The molecule has 23 heavy (non-hydrogen) atoms. The fourth-order valence-corrected chi connectivity index (χ4v) is 2.33. The normalized spacial score (nSPS) is 10.7. The number of nitrogens with one attached hydrogen (secondary N) is 1. The third-order valence-electron chi connectivity index (χ3n) is 2.98. The minimum Gasteiger partial charge on any atom is -0.503 e. The standard InChI is InChI=1S/C17H13BrN2O3/c1-23-15-9-11(8-14(18)16(15)21)7-12(10-19)17(22)20-13-5-3-2-4-6-13/h2-9,21H,1H3,(H,20,22)/b12-7-. The van der Waals surface area contributed by atoms with E-state index in [1.807, 2.05) is 12.1 Å². The van der Waals surface area contributed by atoms with Gasteiger partial charge in [0.1, 0.15) is 11.6 Å². The summed E-state index contributed by atoms with van der Waals surface area (Å²) in [7, 11) is 1.42. The van der Waals surface area contributed by atoms with Crippen molar-refractivity contribution in [3.05, 3.63) is 58.1 Å². The third-order valence-corrected chi connectivity index (χ3v) is 3.58. The number of phenols is 1. The number of carbonyl (C=O) groups is 1. The van der Waals surface area contributed by atoms with Gasteiger partial charge in [-0.15, -0.1) is 0 Å². The smallest absolute Gasteiger partial charge is 0.266 e. The molecule has 0 radical (unpaired) electrons. The first-order valence-electron chi connectivity index (χ1n) is 6.60. The highest BCUT2D eigenvalue weighted by molar-refractivity contribution is 9.10. The Labute approximate surface area is 142 Å². The Balaban J connectivity index is 2.30. The van der Waals surface area contributed by atoms with Crippen molar-refractivity contribution < 1.29 is 14.6 Å². The van der Waals surface area contributed by atoms with Crippen LogP contribution in [0.4, 0.5) is 5.69 Å². The lowest BCUT2D eigenvalue weighted by atomic mass is 10.1. The summed E-state index contributed by atoms with van der Waals surface area (Å²) in [6, 6.07) is 13.9. The molecule has 0 aliphatic heterocycles. The van der Waals surface area contributed by atoms with E-state index in [0.29, 0.717) is 15.7 Å². The molecular formula is C17H13BrN2O3. The van der Waals surface area contributed by atoms with Gasteiger partial charge in [-0.05, 0) is 51.8 Å². The average Bonchev–Trinajstić information content (AvgIpc) is 2.56. The number of hydrogen-bond donors (Lipinski definition) is 2. The van der Waals surface area contributed by atoms with Gasteiger partial charge in [0.15, 0.2) is 11.5 Å². The molecule has 2 aromatic carbocycles. The molecule has 2 rings (SSSR count). The molecule has 2 aromatic rings. The molecule has 0 fully saturated rings. The first-order chi connectivity index (χ1) is 11.0. The van der Waals surface area contributed by atoms with Gasteiger partial charge in [0.2, 0.25) is 0 Å². The maximum absolute atomic E-state index is 12.2. The van der Waals surface area contributed by atoms with Crippen LogP contribution < -0.4 is 10.1 Å². The van der Waals surface area contributed by atoms with E-state index in [-0.39, 0.29) is 17.1 Å². The number of phenolic OH excluding ortho intramolecular Hbond substituents is 1. The molecule has 0 atom stereocenters. The Morgan fingerprint density at radius 3 is 2.65 bits per heavy atom. The molecule has 0 saturated carbocycles. The molecule has 0 aliphatic rings. The molecule has 0 unspecified atom stereocenters. The fourth-order valence-electron chi connectivity index (χ4n) is 1.87. The zero-order chi connectivity index (χ0) is 16.8. The van der Waals surface area contributed by atoms with Gasteiger partial charge in [0.25, 0.3) is 5.91 Å². The van der Waals surface area contributed by atoms with Gasteiger partial charge in [0.05, 0.1) is 11.6 Å². The second-order valence-corrected chi connectivity index (χ2v) is 5.40. The molecular weight excluding hydrogens is 360 g/mol. The van der Waals surface area contributed by atoms with Crippen molar-refractivity contribution >= 4 is 33.6 Å². The lowest BCUT2D eigenvalue weighted by molar-refractivity contribution is -0.112. The predicted molar refractivity (Wildman–Crippen MR) is 91.0 cm³/mol. The number of para-hydroxylation sites is 1. The van der Waals surface area contributed by atoms with Crippen LogP contribution >= 0.6 is 15.9 Å². The van der Waals surface area contributed by atoms with E-state index in [0.717, 1.165) is 0 Å². The summed E-state index contributed by atoms with van der Waals surface area (Å²) in [6.45, 7) is 0. The molecule has 0 heterocycles. The highest BCUT2D eigenvalue weighted by atomic mass is 79.9. The van der Waals surface area contributed by atoms with Crippen LogP contribution in [0.2, 0.25) is 0 Å². The number of aromatic hydroxyl groups is 1. The molecule has 0 spiro atoms. The first-order valence-corrected chi connectivity index (χ1v) is 7.39. The summed E-state index contributed by atoms with van der Waals surface area (Å²) in [5.41, 5.74) is 1.09. The van der Waals surface area contributed by atoms with Crippen LogP contribution in [0.3, 0.4) is 0 Å². The number of benzene rings is 2. The Morgan fingerprint density at radius 2 is 2.04 bits per heavy atom. The quantitative estimate of drug-likeness (QED) is 0.632. The maximum Gasteiger partial charge on any atom is 0.266 e. The van der Waals surface area contributed by atoms with Crippen molar-refractivity contribution in [2.45, 2.75) is 0 Å². The van der Waals surface area contributed by atoms with Crippen LogP contribution in [0.1, 0.15) is 5.56 Å². The van der Waals surface area contributed by atoms with Crippen molar-refractivity contribution in [2.24, 2.45) is 0 Å². The number of nitrogens with zero attached hydrogens (tertiary/aromatic N) is 1. The number of anilines is 1. The molecule has 5 nitrogen and oxygen atoms in total. The second kappa shape index (κ2) is 7.47. The van der Waals surface area contributed by atoms with Gasteiger partial charge in [0, 0.05) is 5.69 Å². The van der Waals surface area contributed by atoms with Crippen LogP contribution in [-0.2, 0) is 4.79 Å². The van der Waals surface area contributed by atoms with E-state index < -0.39 is 5.91 Å². The number of nitriles is 1. The van der Waals surface area contributed by atoms with E-state index >= 15 is 0 Å². The molecule has 2 N–H and O–H groups in total. The highest BCUT2D eigenvalue weighted by Gasteiger charge is 2.12. The average molecular weight is 373 g/mol. The number of amides is 1. The topological polar surface area (TPSA) is 82.3 Å². The van der Waals surface area contributed by atoms with Crippen LogP contribution in [0.25, 0.3) is 6.08 Å². The Kier molecular flexibility index (Phi) is 5.39. The van der Waals surface area contributed by atoms with Crippen LogP contribution in [0.5, 0.6) is 11.5 Å². The second-order valence-electron chi connectivity index (χ2n) is 4.54.